The smallest absolute Gasteiger partial charge is 0.148 e. The van der Waals surface area contributed by atoms with Gasteiger partial charge < -0.3 is 16.2 Å². The molecule has 1 saturated heterocycles. The molecule has 8 heteroatoms. The van der Waals surface area contributed by atoms with Crippen LogP contribution in [0.4, 0.5) is 5.69 Å². The molecule has 26 heavy (non-hydrogen) atoms. The van der Waals surface area contributed by atoms with Crippen molar-refractivity contribution < 1.29 is 5.11 Å². The van der Waals surface area contributed by atoms with Crippen molar-refractivity contribution in [2.45, 2.75) is 32.7 Å². The van der Waals surface area contributed by atoms with Crippen LogP contribution >= 0.6 is 11.3 Å². The van der Waals surface area contributed by atoms with E-state index in [2.05, 4.69) is 26.6 Å². The van der Waals surface area contributed by atoms with Crippen molar-refractivity contribution in [3.8, 4) is 0 Å². The maximum Gasteiger partial charge on any atom is 0.148 e. The minimum atomic E-state index is -0.703. The van der Waals surface area contributed by atoms with Crippen LogP contribution in [0, 0.1) is 13.8 Å². The summed E-state index contributed by atoms with van der Waals surface area (Å²) < 4.78 is 0. The normalized spacial score (nSPS) is 16.7. The first-order valence-corrected chi connectivity index (χ1v) is 9.42. The molecule has 0 saturated carbocycles. The lowest BCUT2D eigenvalue weighted by Crippen LogP contribution is -2.58. The fourth-order valence-electron chi connectivity index (χ4n) is 3.22. The average Bonchev–Trinajstić information content (AvgIpc) is 2.95. The standard InChI is InChI=1S/C18H22N6OS/c1-10-11(2)22-23-17-14(10)15(19)16(26-17)18(25)24-8-13(9-24)21-7-12-4-3-5-20-6-12/h3-6,13,18,21,25H,7-9,19H2,1-2H3. The van der Waals surface area contributed by atoms with Gasteiger partial charge in [-0.2, -0.15) is 5.10 Å². The summed E-state index contributed by atoms with van der Waals surface area (Å²) in [6.07, 6.45) is 2.93. The van der Waals surface area contributed by atoms with E-state index in [9.17, 15) is 5.11 Å². The van der Waals surface area contributed by atoms with Gasteiger partial charge in [-0.15, -0.1) is 16.4 Å². The van der Waals surface area contributed by atoms with Crippen LogP contribution in [0.2, 0.25) is 0 Å². The quantitative estimate of drug-likeness (QED) is 0.629. The van der Waals surface area contributed by atoms with Gasteiger partial charge in [0.25, 0.3) is 0 Å². The number of aliphatic hydroxyl groups is 1. The van der Waals surface area contributed by atoms with Crippen molar-refractivity contribution in [1.82, 2.24) is 25.4 Å². The number of aryl methyl sites for hydroxylation is 2. The molecule has 1 atom stereocenters. The van der Waals surface area contributed by atoms with E-state index in [-0.39, 0.29) is 0 Å². The number of anilines is 1. The Morgan fingerprint density at radius 1 is 1.38 bits per heavy atom. The molecule has 4 heterocycles. The van der Waals surface area contributed by atoms with Gasteiger partial charge in [0.2, 0.25) is 0 Å². The molecule has 0 aliphatic carbocycles. The Hall–Kier alpha value is -2.13. The first-order chi connectivity index (χ1) is 12.5. The highest BCUT2D eigenvalue weighted by molar-refractivity contribution is 7.19. The van der Waals surface area contributed by atoms with Crippen molar-refractivity contribution in [3.63, 3.8) is 0 Å². The van der Waals surface area contributed by atoms with Gasteiger partial charge in [-0.1, -0.05) is 6.07 Å². The first kappa shape index (κ1) is 17.3. The van der Waals surface area contributed by atoms with Crippen LogP contribution < -0.4 is 11.1 Å². The predicted octanol–water partition coefficient (Wildman–Crippen LogP) is 1.75. The van der Waals surface area contributed by atoms with E-state index in [1.165, 1.54) is 11.3 Å². The number of aromatic nitrogens is 3. The molecule has 1 unspecified atom stereocenters. The predicted molar refractivity (Wildman–Crippen MR) is 103 cm³/mol. The number of hydrogen-bond acceptors (Lipinski definition) is 8. The zero-order valence-corrected chi connectivity index (χ0v) is 15.6. The molecule has 1 fully saturated rings. The molecule has 0 radical (unpaired) electrons. The number of nitrogens with two attached hydrogens (primary N) is 1. The van der Waals surface area contributed by atoms with Gasteiger partial charge in [-0.25, -0.2) is 0 Å². The Bertz CT molecular complexity index is 922. The van der Waals surface area contributed by atoms with Crippen LogP contribution in [0.3, 0.4) is 0 Å². The Morgan fingerprint density at radius 3 is 2.92 bits per heavy atom. The SMILES string of the molecule is Cc1nnc2sc(C(O)N3CC(NCc4cccnc4)C3)c(N)c2c1C. The van der Waals surface area contributed by atoms with Crippen LogP contribution in [-0.4, -0.2) is 44.3 Å². The largest absolute Gasteiger partial charge is 0.397 e. The summed E-state index contributed by atoms with van der Waals surface area (Å²) in [6, 6.07) is 4.34. The van der Waals surface area contributed by atoms with Crippen LogP contribution in [0.15, 0.2) is 24.5 Å². The van der Waals surface area contributed by atoms with Gasteiger partial charge in [-0.05, 0) is 31.0 Å². The minimum absolute atomic E-state index is 0.351. The molecule has 0 spiro atoms. The summed E-state index contributed by atoms with van der Waals surface area (Å²) in [6.45, 7) is 6.25. The number of nitrogens with one attached hydrogen (secondary N) is 1. The summed E-state index contributed by atoms with van der Waals surface area (Å²) in [7, 11) is 0. The van der Waals surface area contributed by atoms with Gasteiger partial charge in [0, 0.05) is 43.5 Å². The van der Waals surface area contributed by atoms with E-state index in [4.69, 9.17) is 5.73 Å². The van der Waals surface area contributed by atoms with E-state index in [0.717, 1.165) is 51.5 Å². The number of nitrogens with zero attached hydrogens (tertiary/aromatic N) is 4. The van der Waals surface area contributed by atoms with E-state index in [1.54, 1.807) is 6.20 Å². The second kappa shape index (κ2) is 6.88. The molecule has 3 aromatic rings. The number of thiophene rings is 1. The Balaban J connectivity index is 1.42. The molecule has 4 rings (SSSR count). The monoisotopic (exact) mass is 370 g/mol. The Morgan fingerprint density at radius 2 is 2.19 bits per heavy atom. The van der Waals surface area contributed by atoms with Crippen molar-refractivity contribution in [2.75, 3.05) is 18.8 Å². The fourth-order valence-corrected chi connectivity index (χ4v) is 4.34. The highest BCUT2D eigenvalue weighted by atomic mass is 32.1. The van der Waals surface area contributed by atoms with Crippen LogP contribution in [0.5, 0.6) is 0 Å². The van der Waals surface area contributed by atoms with Crippen molar-refractivity contribution in [3.05, 3.63) is 46.2 Å². The molecular formula is C18H22N6OS. The molecule has 0 bridgehead atoms. The van der Waals surface area contributed by atoms with Crippen molar-refractivity contribution >= 4 is 27.2 Å². The van der Waals surface area contributed by atoms with Gasteiger partial charge >= 0.3 is 0 Å². The zero-order chi connectivity index (χ0) is 18.3. The summed E-state index contributed by atoms with van der Waals surface area (Å²) >= 11 is 1.42. The molecule has 0 aromatic carbocycles. The Kier molecular flexibility index (Phi) is 4.58. The molecule has 3 aromatic heterocycles. The number of nitrogen functional groups attached to an aromatic ring is 1. The summed E-state index contributed by atoms with van der Waals surface area (Å²) in [5, 5.41) is 23.5. The third-order valence-corrected chi connectivity index (χ3v) is 6.10. The van der Waals surface area contributed by atoms with Gasteiger partial charge in [0.05, 0.1) is 16.3 Å². The van der Waals surface area contributed by atoms with Gasteiger partial charge in [0.1, 0.15) is 11.1 Å². The highest BCUT2D eigenvalue weighted by Crippen LogP contribution is 2.40. The lowest BCUT2D eigenvalue weighted by molar-refractivity contribution is -0.0514. The number of aliphatic hydroxyl groups excluding tert-OH is 1. The number of fused-ring (bicyclic) bond motifs is 1. The van der Waals surface area contributed by atoms with Crippen LogP contribution in [0.1, 0.15) is 27.9 Å². The third kappa shape index (κ3) is 3.05. The highest BCUT2D eigenvalue weighted by Gasteiger charge is 2.34. The molecule has 0 amide bonds. The zero-order valence-electron chi connectivity index (χ0n) is 14.8. The van der Waals surface area contributed by atoms with Crippen molar-refractivity contribution in [2.24, 2.45) is 0 Å². The van der Waals surface area contributed by atoms with Crippen LogP contribution in [0.25, 0.3) is 10.2 Å². The lowest BCUT2D eigenvalue weighted by atomic mass is 10.1. The summed E-state index contributed by atoms with van der Waals surface area (Å²) in [5.41, 5.74) is 10.0. The summed E-state index contributed by atoms with van der Waals surface area (Å²) in [4.78, 5) is 7.67. The lowest BCUT2D eigenvalue weighted by Gasteiger charge is -2.42. The maximum absolute atomic E-state index is 10.8. The van der Waals surface area contributed by atoms with E-state index in [1.807, 2.05) is 31.0 Å². The number of pyridine rings is 1. The first-order valence-electron chi connectivity index (χ1n) is 8.60. The third-order valence-electron chi connectivity index (χ3n) is 4.97. The van der Waals surface area contributed by atoms with E-state index >= 15 is 0 Å². The molecule has 1 aliphatic rings. The molecule has 7 nitrogen and oxygen atoms in total. The topological polar surface area (TPSA) is 100 Å². The summed E-state index contributed by atoms with van der Waals surface area (Å²) in [5.74, 6) is 0. The molecule has 4 N–H and O–H groups in total. The van der Waals surface area contributed by atoms with Gasteiger partial charge in [-0.3, -0.25) is 9.88 Å². The maximum atomic E-state index is 10.8. The number of rotatable bonds is 5. The minimum Gasteiger partial charge on any atom is -0.397 e. The molecule has 1 aliphatic heterocycles. The van der Waals surface area contributed by atoms with Gasteiger partial charge in [0.15, 0.2) is 0 Å². The second-order valence-corrected chi connectivity index (χ2v) is 7.77. The number of likely N-dealkylation sites (tertiary alicyclic amines) is 1. The van der Waals surface area contributed by atoms with Crippen LogP contribution in [-0.2, 0) is 6.54 Å². The molecular weight excluding hydrogens is 348 g/mol. The molecule has 136 valence electrons. The second-order valence-electron chi connectivity index (χ2n) is 6.74. The number of hydrogen-bond donors (Lipinski definition) is 3. The fraction of sp³-hybridized carbons (Fsp3) is 0.389. The Labute approximate surface area is 155 Å². The average molecular weight is 370 g/mol. The van der Waals surface area contributed by atoms with Crippen molar-refractivity contribution in [1.29, 1.82) is 0 Å². The van der Waals surface area contributed by atoms with E-state index < -0.39 is 6.23 Å². The van der Waals surface area contributed by atoms with E-state index in [0.29, 0.717) is 11.7 Å².